The summed E-state index contributed by atoms with van der Waals surface area (Å²) < 4.78 is 10.3. The second kappa shape index (κ2) is 6.01. The largest absolute Gasteiger partial charge is 0.491 e. The summed E-state index contributed by atoms with van der Waals surface area (Å²) in [5.41, 5.74) is 1.21. The minimum absolute atomic E-state index is 0.0769. The summed E-state index contributed by atoms with van der Waals surface area (Å²) in [5, 5.41) is 9.00. The highest BCUT2D eigenvalue weighted by Gasteiger charge is 2.14. The molecule has 100 valence electrons. The van der Waals surface area contributed by atoms with E-state index in [2.05, 4.69) is 9.97 Å². The zero-order chi connectivity index (χ0) is 13.7. The van der Waals surface area contributed by atoms with Crippen molar-refractivity contribution in [1.82, 2.24) is 9.97 Å². The average molecular weight is 262 g/mol. The summed E-state index contributed by atoms with van der Waals surface area (Å²) in [6.07, 6.45) is 1.36. The van der Waals surface area contributed by atoms with Crippen LogP contribution in [-0.2, 0) is 4.74 Å². The Kier molecular flexibility index (Phi) is 4.15. The molecule has 6 nitrogen and oxygen atoms in total. The fourth-order valence-electron chi connectivity index (χ4n) is 1.63. The molecular weight excluding hydrogens is 248 g/mol. The van der Waals surface area contributed by atoms with Gasteiger partial charge in [0.25, 0.3) is 0 Å². The van der Waals surface area contributed by atoms with Gasteiger partial charge >= 0.3 is 5.97 Å². The summed E-state index contributed by atoms with van der Waals surface area (Å²) in [5.74, 6) is -0.332. The molecule has 1 aromatic heterocycles. The third-order valence-electron chi connectivity index (χ3n) is 2.54. The lowest BCUT2D eigenvalue weighted by Crippen LogP contribution is -2.04. The zero-order valence-corrected chi connectivity index (χ0v) is 10.4. The topological polar surface area (TPSA) is 84.4 Å². The molecule has 2 N–H and O–H groups in total. The molecule has 19 heavy (non-hydrogen) atoms. The van der Waals surface area contributed by atoms with Crippen LogP contribution < -0.4 is 4.74 Å². The number of ether oxygens (including phenoxy) is 2. The van der Waals surface area contributed by atoms with E-state index in [0.717, 1.165) is 5.56 Å². The van der Waals surface area contributed by atoms with Gasteiger partial charge in [-0.3, -0.25) is 0 Å². The monoisotopic (exact) mass is 262 g/mol. The average Bonchev–Trinajstić information content (AvgIpc) is 2.89. The van der Waals surface area contributed by atoms with E-state index in [-0.39, 0.29) is 5.69 Å². The van der Waals surface area contributed by atoms with Crippen molar-refractivity contribution in [2.24, 2.45) is 0 Å². The van der Waals surface area contributed by atoms with E-state index in [1.807, 2.05) is 0 Å². The molecule has 0 amide bonds. The van der Waals surface area contributed by atoms with Gasteiger partial charge in [-0.1, -0.05) is 0 Å². The number of methoxy groups -OCH3 is 1. The third-order valence-corrected chi connectivity index (χ3v) is 2.54. The van der Waals surface area contributed by atoms with E-state index >= 15 is 0 Å². The summed E-state index contributed by atoms with van der Waals surface area (Å²) in [6, 6.07) is 7.08. The highest BCUT2D eigenvalue weighted by atomic mass is 16.5. The van der Waals surface area contributed by atoms with Gasteiger partial charge < -0.3 is 19.6 Å². The van der Waals surface area contributed by atoms with Crippen LogP contribution in [0.25, 0.3) is 11.3 Å². The highest BCUT2D eigenvalue weighted by molar-refractivity contribution is 5.92. The van der Waals surface area contributed by atoms with Crippen LogP contribution in [-0.4, -0.2) is 41.4 Å². The SMILES string of the molecule is COCCOc1ccc(-c2nc[nH]c2C(=O)O)cc1. The molecule has 0 spiro atoms. The van der Waals surface area contributed by atoms with E-state index < -0.39 is 5.97 Å². The summed E-state index contributed by atoms with van der Waals surface area (Å²) in [4.78, 5) is 17.6. The molecule has 1 heterocycles. The van der Waals surface area contributed by atoms with E-state index in [9.17, 15) is 4.79 Å². The molecule has 0 saturated carbocycles. The second-order valence-electron chi connectivity index (χ2n) is 3.80. The fourth-order valence-corrected chi connectivity index (χ4v) is 1.63. The van der Waals surface area contributed by atoms with Crippen molar-refractivity contribution in [1.29, 1.82) is 0 Å². The van der Waals surface area contributed by atoms with Crippen LogP contribution in [0.5, 0.6) is 5.75 Å². The molecule has 0 aliphatic carbocycles. The predicted molar refractivity (Wildman–Crippen MR) is 68.4 cm³/mol. The molecular formula is C13H14N2O4. The van der Waals surface area contributed by atoms with Gasteiger partial charge in [0.15, 0.2) is 5.69 Å². The maximum atomic E-state index is 11.0. The summed E-state index contributed by atoms with van der Waals surface area (Å²) in [7, 11) is 1.61. The Balaban J connectivity index is 2.13. The first kappa shape index (κ1) is 13.1. The van der Waals surface area contributed by atoms with Crippen LogP contribution in [0.4, 0.5) is 0 Å². The smallest absolute Gasteiger partial charge is 0.354 e. The van der Waals surface area contributed by atoms with Gasteiger partial charge in [-0.2, -0.15) is 0 Å². The lowest BCUT2D eigenvalue weighted by atomic mass is 10.1. The highest BCUT2D eigenvalue weighted by Crippen LogP contribution is 2.23. The Bertz CT molecular complexity index is 548. The van der Waals surface area contributed by atoms with E-state index in [1.165, 1.54) is 6.33 Å². The maximum Gasteiger partial charge on any atom is 0.354 e. The number of nitrogens with one attached hydrogen (secondary N) is 1. The first-order valence-corrected chi connectivity index (χ1v) is 5.71. The van der Waals surface area contributed by atoms with Crippen molar-refractivity contribution >= 4 is 5.97 Å². The Morgan fingerprint density at radius 3 is 2.68 bits per heavy atom. The Hall–Kier alpha value is -2.34. The number of carbonyl (C=O) groups is 1. The molecule has 0 saturated heterocycles. The van der Waals surface area contributed by atoms with Gasteiger partial charge in [-0.15, -0.1) is 0 Å². The van der Waals surface area contributed by atoms with Crippen LogP contribution in [0.1, 0.15) is 10.5 Å². The number of hydrogen-bond acceptors (Lipinski definition) is 4. The number of nitrogens with zero attached hydrogens (tertiary/aromatic N) is 1. The number of carboxylic acids is 1. The molecule has 2 aromatic rings. The van der Waals surface area contributed by atoms with Crippen molar-refractivity contribution in [3.8, 4) is 17.0 Å². The minimum atomic E-state index is -1.03. The predicted octanol–water partition coefficient (Wildman–Crippen LogP) is 1.80. The van der Waals surface area contributed by atoms with Crippen LogP contribution in [0.3, 0.4) is 0 Å². The molecule has 1 aromatic carbocycles. The van der Waals surface area contributed by atoms with Gasteiger partial charge in [0.2, 0.25) is 0 Å². The third kappa shape index (κ3) is 3.11. The van der Waals surface area contributed by atoms with Crippen molar-refractivity contribution in [3.63, 3.8) is 0 Å². The van der Waals surface area contributed by atoms with Crippen molar-refractivity contribution in [3.05, 3.63) is 36.3 Å². The number of carboxylic acid groups (broad SMARTS) is 1. The normalized spacial score (nSPS) is 10.4. The number of H-pyrrole nitrogens is 1. The number of rotatable bonds is 6. The van der Waals surface area contributed by atoms with Gasteiger partial charge in [0, 0.05) is 12.7 Å². The van der Waals surface area contributed by atoms with Gasteiger partial charge in [-0.25, -0.2) is 9.78 Å². The van der Waals surface area contributed by atoms with E-state index in [1.54, 1.807) is 31.4 Å². The van der Waals surface area contributed by atoms with E-state index in [4.69, 9.17) is 14.6 Å². The van der Waals surface area contributed by atoms with E-state index in [0.29, 0.717) is 24.7 Å². The van der Waals surface area contributed by atoms with Crippen molar-refractivity contribution in [2.45, 2.75) is 0 Å². The first-order chi connectivity index (χ1) is 9.22. The Labute approximate surface area is 110 Å². The molecule has 0 bridgehead atoms. The number of imidazole rings is 1. The summed E-state index contributed by atoms with van der Waals surface area (Å²) in [6.45, 7) is 0.989. The zero-order valence-electron chi connectivity index (χ0n) is 10.4. The van der Waals surface area contributed by atoms with Crippen LogP contribution >= 0.6 is 0 Å². The van der Waals surface area contributed by atoms with Crippen LogP contribution in [0.15, 0.2) is 30.6 Å². The van der Waals surface area contributed by atoms with Crippen molar-refractivity contribution < 1.29 is 19.4 Å². The van der Waals surface area contributed by atoms with Crippen LogP contribution in [0, 0.1) is 0 Å². The summed E-state index contributed by atoms with van der Waals surface area (Å²) >= 11 is 0. The van der Waals surface area contributed by atoms with Gasteiger partial charge in [0.1, 0.15) is 18.1 Å². The second-order valence-corrected chi connectivity index (χ2v) is 3.80. The van der Waals surface area contributed by atoms with Gasteiger partial charge in [0.05, 0.1) is 12.9 Å². The molecule has 0 fully saturated rings. The standard InChI is InChI=1S/C13H14N2O4/c1-18-6-7-19-10-4-2-9(3-5-10)11-12(13(16)17)15-8-14-11/h2-5,8H,6-7H2,1H3,(H,14,15)(H,16,17). The van der Waals surface area contributed by atoms with Gasteiger partial charge in [-0.05, 0) is 24.3 Å². The molecule has 0 aliphatic heterocycles. The first-order valence-electron chi connectivity index (χ1n) is 5.71. The Morgan fingerprint density at radius 1 is 1.32 bits per heavy atom. The molecule has 0 radical (unpaired) electrons. The number of benzene rings is 1. The lowest BCUT2D eigenvalue weighted by molar-refractivity contribution is 0.0692. The van der Waals surface area contributed by atoms with Crippen molar-refractivity contribution in [2.75, 3.05) is 20.3 Å². The quantitative estimate of drug-likeness (QED) is 0.775. The van der Waals surface area contributed by atoms with Crippen LogP contribution in [0.2, 0.25) is 0 Å². The number of aromatic nitrogens is 2. The molecule has 2 rings (SSSR count). The lowest BCUT2D eigenvalue weighted by Gasteiger charge is -2.06. The Morgan fingerprint density at radius 2 is 2.05 bits per heavy atom. The minimum Gasteiger partial charge on any atom is -0.491 e. The number of aromatic carboxylic acids is 1. The molecule has 0 unspecified atom stereocenters. The molecule has 6 heteroatoms. The maximum absolute atomic E-state index is 11.0. The fraction of sp³-hybridized carbons (Fsp3) is 0.231. The molecule has 0 atom stereocenters. The number of aromatic amines is 1. The number of hydrogen-bond donors (Lipinski definition) is 2. The molecule has 0 aliphatic rings.